The third kappa shape index (κ3) is 6.71. The second kappa shape index (κ2) is 13.3. The maximum Gasteiger partial charge on any atom is 0.336 e. The van der Waals surface area contributed by atoms with Crippen molar-refractivity contribution < 1.29 is 23.7 Å². The summed E-state index contributed by atoms with van der Waals surface area (Å²) < 4.78 is 22.7. The molecule has 0 spiro atoms. The first kappa shape index (κ1) is 28.9. The predicted octanol–water partition coefficient (Wildman–Crippen LogP) is 7.41. The lowest BCUT2D eigenvalue weighted by Gasteiger charge is -2.27. The van der Waals surface area contributed by atoms with E-state index in [-0.39, 0.29) is 17.2 Å². The second-order valence-electron chi connectivity index (χ2n) is 9.01. The Kier molecular flexibility index (Phi) is 9.60. The van der Waals surface area contributed by atoms with Gasteiger partial charge in [-0.25, -0.2) is 4.79 Å². The van der Waals surface area contributed by atoms with Crippen LogP contribution in [0.2, 0.25) is 10.0 Å². The molecule has 1 unspecified atom stereocenters. The van der Waals surface area contributed by atoms with Crippen molar-refractivity contribution in [1.82, 2.24) is 0 Å². The fraction of sp³-hybridized carbons (Fsp3) is 0.226. The molecular formula is C31H28Cl2N2O5. The van der Waals surface area contributed by atoms with Crippen LogP contribution in [-0.4, -0.2) is 19.7 Å². The second-order valence-corrected chi connectivity index (χ2v) is 9.85. The molecule has 206 valence electrons. The van der Waals surface area contributed by atoms with Crippen LogP contribution in [-0.2, 0) is 4.79 Å². The highest BCUT2D eigenvalue weighted by Gasteiger charge is 2.31. The average Bonchev–Trinajstić information content (AvgIpc) is 2.94. The van der Waals surface area contributed by atoms with Crippen molar-refractivity contribution in [3.05, 3.63) is 98.9 Å². The zero-order valence-corrected chi connectivity index (χ0v) is 23.6. The summed E-state index contributed by atoms with van der Waals surface area (Å²) in [7, 11) is 1.57. The number of esters is 1. The number of allylic oxidation sites excluding steroid dienone is 1. The highest BCUT2D eigenvalue weighted by molar-refractivity contribution is 6.35. The summed E-state index contributed by atoms with van der Waals surface area (Å²) in [6.07, 6.45) is 5.93. The summed E-state index contributed by atoms with van der Waals surface area (Å²) >= 11 is 12.1. The monoisotopic (exact) mass is 578 g/mol. The molecule has 1 aliphatic rings. The van der Waals surface area contributed by atoms with Crippen molar-refractivity contribution in [3.63, 3.8) is 0 Å². The highest BCUT2D eigenvalue weighted by atomic mass is 35.5. The third-order valence-corrected chi connectivity index (χ3v) is 6.86. The number of methoxy groups -OCH3 is 1. The largest absolute Gasteiger partial charge is 0.493 e. The number of fused-ring (bicyclic) bond motifs is 1. The molecule has 1 aliphatic heterocycles. The zero-order valence-electron chi connectivity index (χ0n) is 22.1. The van der Waals surface area contributed by atoms with E-state index in [9.17, 15) is 10.1 Å². The van der Waals surface area contributed by atoms with Crippen LogP contribution in [0.1, 0.15) is 48.8 Å². The van der Waals surface area contributed by atoms with Gasteiger partial charge >= 0.3 is 5.97 Å². The number of unbranched alkanes of at least 4 members (excludes halogenated alkanes) is 2. The van der Waals surface area contributed by atoms with E-state index in [0.29, 0.717) is 45.0 Å². The van der Waals surface area contributed by atoms with E-state index in [1.165, 1.54) is 12.2 Å². The van der Waals surface area contributed by atoms with E-state index in [4.69, 9.17) is 47.9 Å². The number of benzene rings is 3. The molecule has 0 aliphatic carbocycles. The normalized spacial score (nSPS) is 14.3. The molecule has 0 bridgehead atoms. The number of hydrogen-bond donors (Lipinski definition) is 1. The fourth-order valence-electron chi connectivity index (χ4n) is 4.30. The number of carbonyl (C=O) groups excluding carboxylic acids is 1. The Balaban J connectivity index is 1.58. The number of nitriles is 1. The predicted molar refractivity (Wildman–Crippen MR) is 155 cm³/mol. The van der Waals surface area contributed by atoms with Crippen LogP contribution < -0.4 is 24.7 Å². The summed E-state index contributed by atoms with van der Waals surface area (Å²) in [5, 5.41) is 10.8. The Morgan fingerprint density at radius 3 is 2.65 bits per heavy atom. The van der Waals surface area contributed by atoms with Crippen LogP contribution in [0.15, 0.2) is 72.1 Å². The molecular weight excluding hydrogens is 551 g/mol. The quantitative estimate of drug-likeness (QED) is 0.115. The number of ether oxygens (including phenoxy) is 4. The van der Waals surface area contributed by atoms with Gasteiger partial charge in [0.1, 0.15) is 23.1 Å². The minimum absolute atomic E-state index is 0.0281. The van der Waals surface area contributed by atoms with Crippen molar-refractivity contribution in [2.75, 3.05) is 13.7 Å². The number of carbonyl (C=O) groups is 1. The topological polar surface area (TPSA) is 104 Å². The number of halogens is 2. The van der Waals surface area contributed by atoms with Gasteiger partial charge in [-0.3, -0.25) is 0 Å². The van der Waals surface area contributed by atoms with Gasteiger partial charge in [-0.1, -0.05) is 61.2 Å². The number of nitrogens with zero attached hydrogens (tertiary/aromatic N) is 1. The molecule has 0 saturated heterocycles. The SMILES string of the molecule is CCCCCOc1ccc(C2C(C#N)=C(N)Oc3cc(OC(=O)/C=C/c4ccc(Cl)cc4Cl)ccc32)cc1OC. The zero-order chi connectivity index (χ0) is 28.6. The van der Waals surface area contributed by atoms with Crippen molar-refractivity contribution >= 4 is 35.2 Å². The first-order valence-corrected chi connectivity index (χ1v) is 13.5. The smallest absolute Gasteiger partial charge is 0.336 e. The van der Waals surface area contributed by atoms with Crippen LogP contribution in [0.25, 0.3) is 6.08 Å². The lowest BCUT2D eigenvalue weighted by molar-refractivity contribution is -0.128. The summed E-state index contributed by atoms with van der Waals surface area (Å²) in [4.78, 5) is 12.5. The first-order valence-electron chi connectivity index (χ1n) is 12.7. The van der Waals surface area contributed by atoms with Crippen molar-refractivity contribution in [2.24, 2.45) is 5.73 Å². The lowest BCUT2D eigenvalue weighted by atomic mass is 9.83. The molecule has 2 N–H and O–H groups in total. The van der Waals surface area contributed by atoms with Gasteiger partial charge in [-0.15, -0.1) is 0 Å². The summed E-state index contributed by atoms with van der Waals surface area (Å²) in [5.41, 5.74) is 8.50. The van der Waals surface area contributed by atoms with Gasteiger partial charge in [-0.2, -0.15) is 5.26 Å². The molecule has 0 saturated carbocycles. The van der Waals surface area contributed by atoms with Crippen LogP contribution in [0.5, 0.6) is 23.0 Å². The summed E-state index contributed by atoms with van der Waals surface area (Å²) in [5.74, 6) is 0.634. The Morgan fingerprint density at radius 1 is 1.10 bits per heavy atom. The van der Waals surface area contributed by atoms with Gasteiger partial charge in [0.25, 0.3) is 0 Å². The van der Waals surface area contributed by atoms with E-state index >= 15 is 0 Å². The molecule has 1 atom stereocenters. The van der Waals surface area contributed by atoms with Crippen LogP contribution in [0, 0.1) is 11.3 Å². The molecule has 0 aromatic heterocycles. The van der Waals surface area contributed by atoms with Gasteiger partial charge in [-0.05, 0) is 54.0 Å². The van der Waals surface area contributed by atoms with Crippen LogP contribution >= 0.6 is 23.2 Å². The van der Waals surface area contributed by atoms with E-state index in [2.05, 4.69) is 13.0 Å². The van der Waals surface area contributed by atoms with Crippen LogP contribution in [0.4, 0.5) is 0 Å². The third-order valence-electron chi connectivity index (χ3n) is 6.30. The van der Waals surface area contributed by atoms with Gasteiger partial charge in [0, 0.05) is 27.8 Å². The number of hydrogen-bond acceptors (Lipinski definition) is 7. The highest BCUT2D eigenvalue weighted by Crippen LogP contribution is 2.45. The first-order chi connectivity index (χ1) is 19.3. The molecule has 9 heteroatoms. The fourth-order valence-corrected chi connectivity index (χ4v) is 4.78. The minimum Gasteiger partial charge on any atom is -0.493 e. The molecule has 40 heavy (non-hydrogen) atoms. The van der Waals surface area contributed by atoms with E-state index < -0.39 is 11.9 Å². The average molecular weight is 579 g/mol. The van der Waals surface area contributed by atoms with Crippen molar-refractivity contribution in [1.29, 1.82) is 5.26 Å². The standard InChI is InChI=1S/C31H28Cl2N2O5/c1-3-4-5-14-38-26-12-7-20(15-28(26)37-2)30-23-11-10-22(17-27(23)40-31(35)24(30)18-34)39-29(36)13-8-19-6-9-21(32)16-25(19)33/h6-13,15-17,30H,3-5,14,35H2,1-2H3/b13-8+. The summed E-state index contributed by atoms with van der Waals surface area (Å²) in [6.45, 7) is 2.72. The molecule has 0 amide bonds. The van der Waals surface area contributed by atoms with E-state index in [1.54, 1.807) is 43.5 Å². The van der Waals surface area contributed by atoms with Gasteiger partial charge in [0.2, 0.25) is 5.88 Å². The summed E-state index contributed by atoms with van der Waals surface area (Å²) in [6, 6.07) is 17.6. The molecule has 4 rings (SSSR count). The van der Waals surface area contributed by atoms with Crippen molar-refractivity contribution in [2.45, 2.75) is 32.1 Å². The number of rotatable bonds is 10. The van der Waals surface area contributed by atoms with Gasteiger partial charge in [0.05, 0.1) is 19.6 Å². The van der Waals surface area contributed by atoms with Gasteiger partial charge in [0.15, 0.2) is 11.5 Å². The molecule has 3 aromatic carbocycles. The molecule has 3 aromatic rings. The Morgan fingerprint density at radius 2 is 1.93 bits per heavy atom. The van der Waals surface area contributed by atoms with Crippen molar-refractivity contribution in [3.8, 4) is 29.1 Å². The van der Waals surface area contributed by atoms with Gasteiger partial charge < -0.3 is 24.7 Å². The molecule has 7 nitrogen and oxygen atoms in total. The van der Waals surface area contributed by atoms with E-state index in [0.717, 1.165) is 24.8 Å². The Hall–Kier alpha value is -4.12. The Bertz CT molecular complexity index is 1510. The molecule has 0 fully saturated rings. The molecule has 1 heterocycles. The van der Waals surface area contributed by atoms with Crippen LogP contribution in [0.3, 0.4) is 0 Å². The van der Waals surface area contributed by atoms with E-state index in [1.807, 2.05) is 18.2 Å². The molecule has 0 radical (unpaired) electrons. The Labute approximate surface area is 243 Å². The maximum atomic E-state index is 12.5. The maximum absolute atomic E-state index is 12.5. The lowest BCUT2D eigenvalue weighted by Crippen LogP contribution is -2.21. The minimum atomic E-state index is -0.612. The number of nitrogens with two attached hydrogens (primary N) is 1.